The topological polar surface area (TPSA) is 33.5 Å². The Hall–Kier alpha value is -7.37. The number of allylic oxidation sites excluding steroid dienone is 1. The van der Waals surface area contributed by atoms with Gasteiger partial charge in [0.25, 0.3) is 0 Å². The molecule has 1 aliphatic heterocycles. The van der Waals surface area contributed by atoms with Crippen molar-refractivity contribution in [2.75, 3.05) is 16.5 Å². The molecule has 0 saturated heterocycles. The van der Waals surface area contributed by atoms with Crippen molar-refractivity contribution in [2.24, 2.45) is 5.41 Å². The molecule has 0 unspecified atom stereocenters. The van der Waals surface area contributed by atoms with Crippen molar-refractivity contribution in [3.8, 4) is 28.4 Å². The predicted molar refractivity (Wildman–Crippen MR) is 304 cm³/mol. The van der Waals surface area contributed by atoms with Gasteiger partial charge in [-0.1, -0.05) is 192 Å². The number of hydrogen-bond acceptors (Lipinski definition) is 4. The first-order chi connectivity index (χ1) is 34.3. The first-order valence-electron chi connectivity index (χ1n) is 25.7. The van der Waals surface area contributed by atoms with E-state index in [-0.39, 0.29) is 21.7 Å². The molecule has 5 heteroatoms. The largest absolute Gasteiger partial charge is 0.457 e. The summed E-state index contributed by atoms with van der Waals surface area (Å²) < 4.78 is 9.40. The zero-order chi connectivity index (χ0) is 50.7. The number of pyridine rings is 1. The Labute approximate surface area is 428 Å². The smallest absolute Gasteiger partial charge is 0.137 e. The molecule has 5 nitrogen and oxygen atoms in total. The number of benzene rings is 7. The normalized spacial score (nSPS) is 13.7. The first kappa shape index (κ1) is 48.3. The lowest BCUT2D eigenvalue weighted by Gasteiger charge is -2.35. The summed E-state index contributed by atoms with van der Waals surface area (Å²) in [5.41, 5.74) is 15.0. The molecule has 0 aliphatic carbocycles. The molecule has 0 N–H and O–H groups in total. The van der Waals surface area contributed by atoms with Crippen molar-refractivity contribution in [2.45, 2.75) is 105 Å². The summed E-state index contributed by atoms with van der Waals surface area (Å²) >= 11 is 0. The van der Waals surface area contributed by atoms with Gasteiger partial charge >= 0.3 is 0 Å². The van der Waals surface area contributed by atoms with Crippen molar-refractivity contribution >= 4 is 33.2 Å². The van der Waals surface area contributed by atoms with E-state index in [1.54, 1.807) is 0 Å². The second kappa shape index (κ2) is 18.3. The lowest BCUT2D eigenvalue weighted by molar-refractivity contribution is 0.483. The minimum Gasteiger partial charge on any atom is -0.457 e. The highest BCUT2D eigenvalue weighted by atomic mass is 16.5. The molecule has 0 spiro atoms. The van der Waals surface area contributed by atoms with E-state index in [0.717, 1.165) is 45.0 Å². The van der Waals surface area contributed by atoms with Gasteiger partial charge in [-0.15, -0.1) is 0 Å². The molecule has 0 saturated carbocycles. The molecule has 1 aliphatic rings. The van der Waals surface area contributed by atoms with Crippen LogP contribution in [-0.2, 0) is 16.2 Å². The summed E-state index contributed by atoms with van der Waals surface area (Å²) in [4.78, 5) is 9.91. The third kappa shape index (κ3) is 9.11. The number of hydrogen-bond donors (Lipinski definition) is 0. The molecule has 9 aromatic rings. The van der Waals surface area contributed by atoms with Crippen LogP contribution in [0.3, 0.4) is 0 Å². The fourth-order valence-electron chi connectivity index (χ4n) is 10.6. The fraction of sp³-hybridized carbons (Fsp3) is 0.269. The summed E-state index contributed by atoms with van der Waals surface area (Å²) in [5.74, 6) is 2.77. The van der Waals surface area contributed by atoms with Crippen molar-refractivity contribution in [1.82, 2.24) is 9.55 Å². The molecule has 0 radical (unpaired) electrons. The summed E-state index contributed by atoms with van der Waals surface area (Å²) in [6.45, 7) is 28.4. The molecule has 0 fully saturated rings. The summed E-state index contributed by atoms with van der Waals surface area (Å²) in [7, 11) is 0. The average molecular weight is 947 g/mol. The van der Waals surface area contributed by atoms with Crippen molar-refractivity contribution in [3.05, 3.63) is 227 Å². The Bertz CT molecular complexity index is 3400. The van der Waals surface area contributed by atoms with E-state index in [1.807, 2.05) is 6.20 Å². The predicted octanol–water partition coefficient (Wildman–Crippen LogP) is 17.9. The molecule has 10 rings (SSSR count). The lowest BCUT2D eigenvalue weighted by Crippen LogP contribution is -2.32. The molecule has 0 amide bonds. The third-order valence-electron chi connectivity index (χ3n) is 15.1. The summed E-state index contributed by atoms with van der Waals surface area (Å²) in [6.07, 6.45) is 4.31. The van der Waals surface area contributed by atoms with Gasteiger partial charge < -0.3 is 14.5 Å². The molecule has 2 aromatic heterocycles. The highest BCUT2D eigenvalue weighted by Gasteiger charge is 2.35. The maximum Gasteiger partial charge on any atom is 0.137 e. The number of para-hydroxylation sites is 1. The van der Waals surface area contributed by atoms with Crippen LogP contribution in [-0.4, -0.2) is 16.2 Å². The third-order valence-corrected chi connectivity index (χ3v) is 15.1. The van der Waals surface area contributed by atoms with Crippen LogP contribution in [0.15, 0.2) is 194 Å². The summed E-state index contributed by atoms with van der Waals surface area (Å²) in [6, 6.07) is 64.3. The quantitative estimate of drug-likeness (QED) is 0.129. The Morgan fingerprint density at radius 1 is 0.486 bits per heavy atom. The second-order valence-corrected chi connectivity index (χ2v) is 23.3. The number of fused-ring (bicyclic) bond motifs is 3. The second-order valence-electron chi connectivity index (χ2n) is 23.3. The van der Waals surface area contributed by atoms with Gasteiger partial charge in [-0.25, -0.2) is 4.98 Å². The lowest BCUT2D eigenvalue weighted by atomic mass is 9.73. The Morgan fingerprint density at radius 3 is 1.74 bits per heavy atom. The van der Waals surface area contributed by atoms with Gasteiger partial charge in [-0.2, -0.15) is 0 Å². The molecule has 3 heterocycles. The Balaban J connectivity index is 1.10. The maximum absolute atomic E-state index is 7.12. The van der Waals surface area contributed by atoms with Gasteiger partial charge in [0.1, 0.15) is 17.3 Å². The van der Waals surface area contributed by atoms with Crippen molar-refractivity contribution in [1.29, 1.82) is 0 Å². The number of ether oxygens (including phenoxy) is 1. The molecule has 0 bridgehead atoms. The minimum absolute atomic E-state index is 0.0254. The molecule has 72 heavy (non-hydrogen) atoms. The molecule has 0 atom stereocenters. The number of aromatic nitrogens is 2. The number of rotatable bonds is 11. The standard InChI is InChI=1S/C67H70N4O/c1-45(2)56-27-19-20-28-57(56)46-35-52(41-55(36-46)72-54-31-32-59-58-29-21-22-30-60(58)71(61(59)42-54)63-40-49(33-34-68-63)64(3,4)5)69-43-62(65(6,7)8)70(44-69)53-38-50(66(9,10)47-23-15-13-16-24-47)37-51(39-53)67(11,12)48-25-17-14-18-26-48/h13-43,45H,44H2,1-12H3. The Morgan fingerprint density at radius 2 is 1.10 bits per heavy atom. The van der Waals surface area contributed by atoms with E-state index in [2.05, 4.69) is 280 Å². The van der Waals surface area contributed by atoms with Crippen molar-refractivity contribution in [3.63, 3.8) is 0 Å². The molecule has 364 valence electrons. The maximum atomic E-state index is 7.12. The SMILES string of the molecule is CC(C)c1ccccc1-c1cc(Oc2ccc3c4ccccc4n(-c4cc(C(C)(C)C)ccn4)c3c2)cc(N2C=C(C(C)(C)C)N(c3cc(C(C)(C)c4ccccc4)cc(C(C)(C)c4ccccc4)c3)C2)c1. The van der Waals surface area contributed by atoms with E-state index >= 15 is 0 Å². The number of nitrogens with zero attached hydrogens (tertiary/aromatic N) is 4. The van der Waals surface area contributed by atoms with Gasteiger partial charge in [0, 0.05) is 68.6 Å². The van der Waals surface area contributed by atoms with E-state index in [0.29, 0.717) is 12.6 Å². The van der Waals surface area contributed by atoms with Crippen LogP contribution in [0.5, 0.6) is 11.5 Å². The summed E-state index contributed by atoms with van der Waals surface area (Å²) in [5, 5.41) is 2.34. The van der Waals surface area contributed by atoms with Crippen LogP contribution < -0.4 is 14.5 Å². The van der Waals surface area contributed by atoms with Crippen LogP contribution in [0.4, 0.5) is 11.4 Å². The van der Waals surface area contributed by atoms with Gasteiger partial charge in [-0.05, 0) is 110 Å². The van der Waals surface area contributed by atoms with Gasteiger partial charge in [-0.3, -0.25) is 4.57 Å². The fourth-order valence-corrected chi connectivity index (χ4v) is 10.6. The number of anilines is 2. The van der Waals surface area contributed by atoms with Crippen LogP contribution in [0.25, 0.3) is 38.8 Å². The first-order valence-corrected chi connectivity index (χ1v) is 25.7. The van der Waals surface area contributed by atoms with Crippen molar-refractivity contribution < 1.29 is 4.74 Å². The van der Waals surface area contributed by atoms with E-state index in [1.165, 1.54) is 55.7 Å². The van der Waals surface area contributed by atoms with Gasteiger partial charge in [0.05, 0.1) is 17.7 Å². The van der Waals surface area contributed by atoms with Crippen LogP contribution >= 0.6 is 0 Å². The molecular formula is C67H70N4O. The van der Waals surface area contributed by atoms with Crippen LogP contribution in [0.2, 0.25) is 0 Å². The zero-order valence-electron chi connectivity index (χ0n) is 44.4. The molecule has 7 aromatic carbocycles. The van der Waals surface area contributed by atoms with Crippen LogP contribution in [0, 0.1) is 5.41 Å². The Kier molecular flexibility index (Phi) is 12.3. The van der Waals surface area contributed by atoms with E-state index < -0.39 is 0 Å². The highest BCUT2D eigenvalue weighted by Crippen LogP contribution is 2.46. The van der Waals surface area contributed by atoms with Gasteiger partial charge in [0.15, 0.2) is 0 Å². The monoisotopic (exact) mass is 947 g/mol. The average Bonchev–Trinajstić information content (AvgIpc) is 3.98. The highest BCUT2D eigenvalue weighted by molar-refractivity contribution is 6.09. The van der Waals surface area contributed by atoms with E-state index in [4.69, 9.17) is 9.72 Å². The zero-order valence-corrected chi connectivity index (χ0v) is 44.4. The van der Waals surface area contributed by atoms with E-state index in [9.17, 15) is 0 Å². The van der Waals surface area contributed by atoms with Gasteiger partial charge in [0.2, 0.25) is 0 Å². The minimum atomic E-state index is -0.251. The molecular weight excluding hydrogens is 877 g/mol. The van der Waals surface area contributed by atoms with Crippen LogP contribution in [0.1, 0.15) is 122 Å².